The molecule has 0 radical (unpaired) electrons. The maximum atomic E-state index is 13.5. The number of benzene rings is 5. The number of hydrogen-bond donors (Lipinski definition) is 4. The van der Waals surface area contributed by atoms with Gasteiger partial charge in [0.05, 0.1) is 12.2 Å². The standard InChI is InChI=1S/C14H19F3O.C14H20.C13H18F2O.C11H14O.C10H18N2.C8H10O/c1-3-4-5-10-13(18,14(15,16)17)12-8-6-11(2)7-9-12;1-12-7-9-14(10-8-12)11-13-5-3-2-4-6-13;1-3-4-9-13(14,15)12(16)11-7-5-10(2)6-8-11;1-9-3-5-10(6-4-9)11(12)7-2-8-11;1-7(2)12-10(5)8(3)9(4)11(12)6;1-7-2-4-8(6-9)5-3-7/h6-9,18H,3-5,10H2,1-2H3;7-10,13H,2-6,11H2,1H3;5-8,12,16H,3-4,9H2,1-2H3;3-6,12H,2,7-8H2,1H3;7-8H,4-5H2,1-3,6H3;2-5,9H,6H2,1H3. The molecule has 2 aliphatic carbocycles. The Kier molecular flexibility index (Phi) is 29.1. The highest BCUT2D eigenvalue weighted by molar-refractivity contribution is 5.30. The van der Waals surface area contributed by atoms with Crippen LogP contribution in [0.2, 0.25) is 0 Å². The first-order valence-electron chi connectivity index (χ1n) is 29.5. The summed E-state index contributed by atoms with van der Waals surface area (Å²) in [6.45, 7) is 28.4. The minimum atomic E-state index is -4.64. The summed E-state index contributed by atoms with van der Waals surface area (Å²) in [5.74, 6) is -1.69. The van der Waals surface area contributed by atoms with E-state index in [1.54, 1.807) is 43.3 Å². The molecule has 1 aliphatic heterocycles. The third-order valence-electron chi connectivity index (χ3n) is 15.8. The van der Waals surface area contributed by atoms with E-state index >= 15 is 0 Å². The fraction of sp³-hybridized carbons (Fsp3) is 0.514. The molecule has 8 rings (SSSR count). The second kappa shape index (κ2) is 33.7. The predicted octanol–water partition coefficient (Wildman–Crippen LogP) is 18.4. The van der Waals surface area contributed by atoms with Gasteiger partial charge in [-0.1, -0.05) is 234 Å². The Morgan fingerprint density at radius 1 is 0.605 bits per heavy atom. The summed E-state index contributed by atoms with van der Waals surface area (Å²) in [4.78, 5) is 0. The molecular formula is C70H99F5N2O4. The molecule has 0 spiro atoms. The Labute approximate surface area is 484 Å². The first-order chi connectivity index (χ1) is 38.1. The van der Waals surface area contributed by atoms with Gasteiger partial charge in [-0.05, 0) is 127 Å². The maximum Gasteiger partial charge on any atom is 0.421 e. The number of unbranched alkanes of at least 4 members (excludes halogenated alkanes) is 3. The molecule has 1 saturated heterocycles. The Bertz CT molecular complexity index is 2550. The van der Waals surface area contributed by atoms with Crippen LogP contribution in [0.1, 0.15) is 193 Å². The van der Waals surface area contributed by atoms with Crippen molar-refractivity contribution in [3.63, 3.8) is 0 Å². The van der Waals surface area contributed by atoms with Gasteiger partial charge < -0.3 is 20.4 Å². The van der Waals surface area contributed by atoms with Crippen LogP contribution in [0.4, 0.5) is 22.0 Å². The summed E-state index contributed by atoms with van der Waals surface area (Å²) >= 11 is 0. The largest absolute Gasteiger partial charge is 0.421 e. The highest BCUT2D eigenvalue weighted by Crippen LogP contribution is 2.43. The summed E-state index contributed by atoms with van der Waals surface area (Å²) in [6, 6.07) is 38.0. The van der Waals surface area contributed by atoms with Gasteiger partial charge in [0.1, 0.15) is 6.10 Å². The van der Waals surface area contributed by atoms with E-state index in [1.165, 1.54) is 72.9 Å². The number of aliphatic hydroxyl groups excluding tert-OH is 2. The van der Waals surface area contributed by atoms with E-state index in [1.807, 2.05) is 71.1 Å². The van der Waals surface area contributed by atoms with Crippen LogP contribution in [0.25, 0.3) is 0 Å². The van der Waals surface area contributed by atoms with E-state index in [-0.39, 0.29) is 30.6 Å². The number of hydrazine groups is 1. The molecule has 11 heteroatoms. The summed E-state index contributed by atoms with van der Waals surface area (Å²) in [5, 5.41) is 42.5. The Hall–Kier alpha value is -5.33. The molecule has 4 N–H and O–H groups in total. The molecule has 448 valence electrons. The lowest BCUT2D eigenvalue weighted by atomic mass is 9.75. The normalized spacial score (nSPS) is 17.0. The molecule has 5 aromatic carbocycles. The average Bonchev–Trinajstić information content (AvgIpc) is 3.63. The van der Waals surface area contributed by atoms with Crippen molar-refractivity contribution in [1.82, 2.24) is 10.0 Å². The van der Waals surface area contributed by atoms with Gasteiger partial charge in [-0.3, -0.25) is 10.0 Å². The summed E-state index contributed by atoms with van der Waals surface area (Å²) < 4.78 is 66.3. The van der Waals surface area contributed by atoms with E-state index in [4.69, 9.17) is 5.11 Å². The molecule has 3 fully saturated rings. The number of hydrogen-bond acceptors (Lipinski definition) is 6. The van der Waals surface area contributed by atoms with Crippen LogP contribution in [0.15, 0.2) is 146 Å². The van der Waals surface area contributed by atoms with Crippen molar-refractivity contribution in [2.45, 2.75) is 214 Å². The number of nitrogens with zero attached hydrogens (tertiary/aromatic N) is 2. The molecule has 0 bridgehead atoms. The first-order valence-corrected chi connectivity index (χ1v) is 29.5. The monoisotopic (exact) mass is 1130 g/mol. The summed E-state index contributed by atoms with van der Waals surface area (Å²) in [5.41, 5.74) is 8.58. The van der Waals surface area contributed by atoms with Crippen molar-refractivity contribution in [1.29, 1.82) is 0 Å². The van der Waals surface area contributed by atoms with Crippen LogP contribution < -0.4 is 0 Å². The van der Waals surface area contributed by atoms with Gasteiger partial charge in [0, 0.05) is 36.8 Å². The van der Waals surface area contributed by atoms with Crippen LogP contribution in [-0.2, 0) is 24.2 Å². The highest BCUT2D eigenvalue weighted by atomic mass is 19.4. The second-order valence-corrected chi connectivity index (χ2v) is 23.1. The lowest BCUT2D eigenvalue weighted by Crippen LogP contribution is -2.42. The first kappa shape index (κ1) is 69.9. The van der Waals surface area contributed by atoms with E-state index in [9.17, 15) is 37.3 Å². The Balaban J connectivity index is 0.000000258. The van der Waals surface area contributed by atoms with Crippen molar-refractivity contribution in [3.8, 4) is 0 Å². The minimum absolute atomic E-state index is 0.0725. The number of alkyl halides is 5. The van der Waals surface area contributed by atoms with Crippen LogP contribution in [0, 0.1) is 46.5 Å². The molecule has 1 heterocycles. The van der Waals surface area contributed by atoms with E-state index in [0.717, 1.165) is 65.2 Å². The zero-order valence-corrected chi connectivity index (χ0v) is 50.9. The molecule has 2 saturated carbocycles. The molecule has 3 unspecified atom stereocenters. The fourth-order valence-corrected chi connectivity index (χ4v) is 9.94. The Morgan fingerprint density at radius 3 is 1.43 bits per heavy atom. The van der Waals surface area contributed by atoms with Gasteiger partial charge in [-0.25, -0.2) is 8.78 Å². The third-order valence-corrected chi connectivity index (χ3v) is 15.8. The van der Waals surface area contributed by atoms with Crippen molar-refractivity contribution in [2.24, 2.45) is 11.8 Å². The van der Waals surface area contributed by atoms with Crippen molar-refractivity contribution in [3.05, 3.63) is 202 Å². The number of halogens is 5. The SMILES string of the molecule is C=C1C(C)C(=C)N(C(C)C)N1C.CCCCC(F)(F)C(O)c1ccc(C)cc1.CCCCCC(O)(c1ccc(C)cc1)C(F)(F)F.Cc1ccc(C2(O)CCC2)cc1.Cc1ccc(CC2CCCCC2)cc1.Cc1ccc(CO)cc1. The van der Waals surface area contributed by atoms with Gasteiger partial charge >= 0.3 is 6.18 Å². The molecule has 6 nitrogen and oxygen atoms in total. The third kappa shape index (κ3) is 22.4. The molecule has 0 amide bonds. The zero-order chi connectivity index (χ0) is 60.6. The topological polar surface area (TPSA) is 87.4 Å². The van der Waals surface area contributed by atoms with Gasteiger partial charge in [-0.15, -0.1) is 0 Å². The molecule has 0 aromatic heterocycles. The second-order valence-electron chi connectivity index (χ2n) is 23.1. The van der Waals surface area contributed by atoms with E-state index in [0.29, 0.717) is 37.6 Å². The lowest BCUT2D eigenvalue weighted by Gasteiger charge is -2.37. The highest BCUT2D eigenvalue weighted by Gasteiger charge is 2.54. The molecule has 3 atom stereocenters. The van der Waals surface area contributed by atoms with E-state index in [2.05, 4.69) is 94.2 Å². The van der Waals surface area contributed by atoms with Crippen molar-refractivity contribution < 1.29 is 42.4 Å². The van der Waals surface area contributed by atoms with Crippen LogP contribution in [0.5, 0.6) is 0 Å². The zero-order valence-electron chi connectivity index (χ0n) is 50.9. The quantitative estimate of drug-likeness (QED) is 0.0617. The number of rotatable bonds is 15. The van der Waals surface area contributed by atoms with Gasteiger partial charge in [0.15, 0.2) is 5.60 Å². The Morgan fingerprint density at radius 2 is 1.05 bits per heavy atom. The summed E-state index contributed by atoms with van der Waals surface area (Å²) in [7, 11) is 2.04. The average molecular weight is 1130 g/mol. The smallest absolute Gasteiger partial charge is 0.392 e. The van der Waals surface area contributed by atoms with Crippen LogP contribution in [-0.4, -0.2) is 55.6 Å². The number of aliphatic hydroxyl groups is 4. The van der Waals surface area contributed by atoms with Crippen molar-refractivity contribution in [2.75, 3.05) is 7.05 Å². The lowest BCUT2D eigenvalue weighted by molar-refractivity contribution is -0.269. The summed E-state index contributed by atoms with van der Waals surface area (Å²) in [6.07, 6.45) is 7.70. The number of aryl methyl sites for hydroxylation is 5. The molecule has 81 heavy (non-hydrogen) atoms. The van der Waals surface area contributed by atoms with Gasteiger partial charge in [0.25, 0.3) is 5.92 Å². The molecular weight excluding hydrogens is 1030 g/mol. The van der Waals surface area contributed by atoms with E-state index < -0.39 is 29.4 Å². The predicted molar refractivity (Wildman–Crippen MR) is 326 cm³/mol. The van der Waals surface area contributed by atoms with Crippen LogP contribution in [0.3, 0.4) is 0 Å². The maximum absolute atomic E-state index is 13.5. The van der Waals surface area contributed by atoms with Crippen molar-refractivity contribution >= 4 is 0 Å². The molecule has 3 aliphatic rings. The van der Waals surface area contributed by atoms with Gasteiger partial charge in [-0.2, -0.15) is 13.2 Å². The fourth-order valence-electron chi connectivity index (χ4n) is 9.94. The van der Waals surface area contributed by atoms with Crippen LogP contribution >= 0.6 is 0 Å². The van der Waals surface area contributed by atoms with Gasteiger partial charge in [0.2, 0.25) is 0 Å². The minimum Gasteiger partial charge on any atom is -0.392 e. The molecule has 5 aromatic rings.